The van der Waals surface area contributed by atoms with Gasteiger partial charge in [-0.05, 0) is 60.9 Å². The van der Waals surface area contributed by atoms with Crippen LogP contribution in [0.2, 0.25) is 5.02 Å². The van der Waals surface area contributed by atoms with E-state index in [0.29, 0.717) is 23.6 Å². The molecular weight excluding hydrogens is 460 g/mol. The first-order chi connectivity index (χ1) is 17.0. The van der Waals surface area contributed by atoms with Crippen molar-refractivity contribution in [2.75, 3.05) is 7.11 Å². The zero-order valence-electron chi connectivity index (χ0n) is 19.6. The van der Waals surface area contributed by atoms with E-state index in [0.717, 1.165) is 51.4 Å². The molecule has 0 unspecified atom stereocenters. The predicted octanol–water partition coefficient (Wildman–Crippen LogP) is 5.41. The van der Waals surface area contributed by atoms with E-state index in [4.69, 9.17) is 21.4 Å². The molecule has 0 fully saturated rings. The first-order valence-electron chi connectivity index (χ1n) is 11.3. The highest BCUT2D eigenvalue weighted by atomic mass is 35.5. The van der Waals surface area contributed by atoms with Gasteiger partial charge in [-0.15, -0.1) is 10.2 Å². The molecule has 1 N–H and O–H groups in total. The van der Waals surface area contributed by atoms with Crippen LogP contribution in [0.1, 0.15) is 23.9 Å². The van der Waals surface area contributed by atoms with E-state index < -0.39 is 0 Å². The van der Waals surface area contributed by atoms with Gasteiger partial charge in [0.05, 0.1) is 18.3 Å². The Bertz CT molecular complexity index is 1540. The van der Waals surface area contributed by atoms with Gasteiger partial charge in [-0.2, -0.15) is 9.61 Å². The van der Waals surface area contributed by atoms with E-state index >= 15 is 0 Å². The van der Waals surface area contributed by atoms with Gasteiger partial charge in [-0.1, -0.05) is 30.3 Å². The van der Waals surface area contributed by atoms with Crippen LogP contribution < -0.4 is 10.1 Å². The third-order valence-corrected chi connectivity index (χ3v) is 6.27. The van der Waals surface area contributed by atoms with E-state index in [-0.39, 0.29) is 0 Å². The second kappa shape index (κ2) is 9.72. The number of hydrogen-bond donors (Lipinski definition) is 1. The van der Waals surface area contributed by atoms with Crippen LogP contribution in [0.4, 0.5) is 0 Å². The van der Waals surface area contributed by atoms with Crippen molar-refractivity contribution in [2.24, 2.45) is 0 Å². The maximum absolute atomic E-state index is 6.53. The van der Waals surface area contributed by atoms with Crippen LogP contribution in [0.5, 0.6) is 5.75 Å². The molecule has 7 nitrogen and oxygen atoms in total. The van der Waals surface area contributed by atoms with Crippen molar-refractivity contribution >= 4 is 28.2 Å². The average Bonchev–Trinajstić information content (AvgIpc) is 3.28. The minimum absolute atomic E-state index is 0.632. The van der Waals surface area contributed by atoms with E-state index in [9.17, 15) is 0 Å². The van der Waals surface area contributed by atoms with Gasteiger partial charge >= 0.3 is 0 Å². The molecule has 8 heteroatoms. The Kier molecular flexibility index (Phi) is 6.33. The lowest BCUT2D eigenvalue weighted by molar-refractivity contribution is 0.415. The number of allylic oxidation sites excluding steroid dienone is 1. The molecule has 0 atom stereocenters. The molecule has 0 saturated carbocycles. The number of pyridine rings is 1. The Morgan fingerprint density at radius 1 is 1.03 bits per heavy atom. The molecule has 3 aromatic heterocycles. The number of benzene rings is 2. The van der Waals surface area contributed by atoms with E-state index in [2.05, 4.69) is 27.1 Å². The minimum atomic E-state index is 0.632. The number of nitrogens with one attached hydrogen (secondary N) is 1. The number of ether oxygens (including phenoxy) is 1. The molecule has 0 amide bonds. The Balaban J connectivity index is 1.40. The topological polar surface area (TPSA) is 77.2 Å². The normalized spacial score (nSPS) is 11.2. The minimum Gasteiger partial charge on any atom is -0.497 e. The fraction of sp³-hybridized carbons (Fsp3) is 0.185. The molecule has 0 saturated heterocycles. The first-order valence-corrected chi connectivity index (χ1v) is 11.7. The third kappa shape index (κ3) is 4.81. The van der Waals surface area contributed by atoms with Crippen LogP contribution in [0.3, 0.4) is 0 Å². The molecule has 176 valence electrons. The monoisotopic (exact) mass is 484 g/mol. The summed E-state index contributed by atoms with van der Waals surface area (Å²) < 4.78 is 7.14. The summed E-state index contributed by atoms with van der Waals surface area (Å²) in [6.45, 7) is 6.42. The van der Waals surface area contributed by atoms with Crippen LogP contribution in [0.25, 0.3) is 27.8 Å². The Morgan fingerprint density at radius 2 is 1.91 bits per heavy atom. The van der Waals surface area contributed by atoms with Gasteiger partial charge in [-0.3, -0.25) is 4.98 Å². The smallest absolute Gasteiger partial charge is 0.177 e. The highest BCUT2D eigenvalue weighted by Crippen LogP contribution is 2.26. The molecule has 0 radical (unpaired) electrons. The van der Waals surface area contributed by atoms with Crippen LogP contribution in [0, 0.1) is 0 Å². The van der Waals surface area contributed by atoms with E-state index in [1.807, 2.05) is 72.2 Å². The van der Waals surface area contributed by atoms with Crippen molar-refractivity contribution in [2.45, 2.75) is 26.3 Å². The van der Waals surface area contributed by atoms with Crippen molar-refractivity contribution in [1.82, 2.24) is 30.1 Å². The standard InChI is InChI=1S/C27H25ClN6O/c1-17(2)30-16-20-5-4-19(14-23(20)28)24-9-11-27-32-31-26(34(27)33-24)10-6-18-12-13-29-25-15-21(35-3)7-8-22(18)25/h4-5,7-9,11-15,30H,1,6,10,16H2,2-3H3. The summed E-state index contributed by atoms with van der Waals surface area (Å²) >= 11 is 6.53. The molecule has 0 bridgehead atoms. The molecule has 0 spiro atoms. The summed E-state index contributed by atoms with van der Waals surface area (Å²) in [5, 5.41) is 18.5. The highest BCUT2D eigenvalue weighted by molar-refractivity contribution is 6.31. The summed E-state index contributed by atoms with van der Waals surface area (Å²) in [4.78, 5) is 4.48. The summed E-state index contributed by atoms with van der Waals surface area (Å²) in [6.07, 6.45) is 3.30. The maximum Gasteiger partial charge on any atom is 0.177 e. The van der Waals surface area contributed by atoms with Crippen LogP contribution >= 0.6 is 11.6 Å². The highest BCUT2D eigenvalue weighted by Gasteiger charge is 2.12. The molecule has 0 aliphatic rings. The number of hydrogen-bond acceptors (Lipinski definition) is 6. The molecule has 0 aliphatic carbocycles. The van der Waals surface area contributed by atoms with E-state index in [1.165, 1.54) is 5.56 Å². The van der Waals surface area contributed by atoms with Crippen LogP contribution in [0.15, 0.2) is 73.1 Å². The Labute approximate surface area is 208 Å². The number of aromatic nitrogens is 5. The fourth-order valence-corrected chi connectivity index (χ4v) is 4.27. The van der Waals surface area contributed by atoms with Gasteiger partial charge in [0, 0.05) is 46.9 Å². The molecule has 35 heavy (non-hydrogen) atoms. The van der Waals surface area contributed by atoms with Gasteiger partial charge in [0.2, 0.25) is 0 Å². The van der Waals surface area contributed by atoms with Gasteiger partial charge < -0.3 is 10.1 Å². The lowest BCUT2D eigenvalue weighted by Gasteiger charge is -2.10. The van der Waals surface area contributed by atoms with Crippen molar-refractivity contribution in [3.63, 3.8) is 0 Å². The van der Waals surface area contributed by atoms with Gasteiger partial charge in [0.25, 0.3) is 0 Å². The van der Waals surface area contributed by atoms with Crippen molar-refractivity contribution < 1.29 is 4.74 Å². The number of fused-ring (bicyclic) bond motifs is 2. The number of methoxy groups -OCH3 is 1. The Hall–Kier alpha value is -3.97. The number of aryl methyl sites for hydroxylation is 2. The third-order valence-electron chi connectivity index (χ3n) is 5.91. The SMILES string of the molecule is C=C(C)NCc1ccc(-c2ccc3nnc(CCc4ccnc5cc(OC)ccc45)n3n2)cc1Cl. The zero-order chi connectivity index (χ0) is 24.4. The van der Waals surface area contributed by atoms with Crippen molar-refractivity contribution in [3.05, 3.63) is 95.0 Å². The largest absolute Gasteiger partial charge is 0.497 e. The van der Waals surface area contributed by atoms with Gasteiger partial charge in [0.15, 0.2) is 11.5 Å². The number of rotatable bonds is 8. The summed E-state index contributed by atoms with van der Waals surface area (Å²) in [5.74, 6) is 1.59. The maximum atomic E-state index is 6.53. The quantitative estimate of drug-likeness (QED) is 0.317. The second-order valence-electron chi connectivity index (χ2n) is 8.40. The molecule has 5 rings (SSSR count). The summed E-state index contributed by atoms with van der Waals surface area (Å²) in [7, 11) is 1.66. The summed E-state index contributed by atoms with van der Waals surface area (Å²) in [5.41, 5.74) is 6.46. The number of halogens is 1. The second-order valence-corrected chi connectivity index (χ2v) is 8.81. The molecule has 2 aromatic carbocycles. The summed E-state index contributed by atoms with van der Waals surface area (Å²) in [6, 6.07) is 17.8. The van der Waals surface area contributed by atoms with Crippen molar-refractivity contribution in [3.8, 4) is 17.0 Å². The zero-order valence-corrected chi connectivity index (χ0v) is 20.4. The number of nitrogens with zero attached hydrogens (tertiary/aromatic N) is 5. The van der Waals surface area contributed by atoms with Gasteiger partial charge in [0.1, 0.15) is 5.75 Å². The molecule has 3 heterocycles. The lowest BCUT2D eigenvalue weighted by Crippen LogP contribution is -2.09. The average molecular weight is 485 g/mol. The fourth-order valence-electron chi connectivity index (χ4n) is 4.02. The Morgan fingerprint density at radius 3 is 2.71 bits per heavy atom. The van der Waals surface area contributed by atoms with Crippen LogP contribution in [-0.4, -0.2) is 31.9 Å². The van der Waals surface area contributed by atoms with E-state index in [1.54, 1.807) is 7.11 Å². The lowest BCUT2D eigenvalue weighted by atomic mass is 10.0. The van der Waals surface area contributed by atoms with Gasteiger partial charge in [-0.25, -0.2) is 0 Å². The molecule has 5 aromatic rings. The van der Waals surface area contributed by atoms with Crippen molar-refractivity contribution in [1.29, 1.82) is 0 Å². The molecule has 0 aliphatic heterocycles. The first kappa shape index (κ1) is 22.8. The van der Waals surface area contributed by atoms with Crippen LogP contribution in [-0.2, 0) is 19.4 Å². The predicted molar refractivity (Wildman–Crippen MR) is 139 cm³/mol. The molecular formula is C27H25ClN6O.